The Morgan fingerprint density at radius 3 is 2.60 bits per heavy atom. The molecular formula is C14H16N3O3+. The van der Waals surface area contributed by atoms with Gasteiger partial charge in [0.2, 0.25) is 5.78 Å². The normalized spacial score (nSPS) is 11.2. The molecule has 20 heavy (non-hydrogen) atoms. The molecule has 0 aliphatic carbocycles. The van der Waals surface area contributed by atoms with Crippen molar-refractivity contribution in [2.75, 3.05) is 14.1 Å². The molecule has 0 amide bonds. The van der Waals surface area contributed by atoms with Crippen LogP contribution >= 0.6 is 0 Å². The summed E-state index contributed by atoms with van der Waals surface area (Å²) in [5.41, 5.74) is 0.636. The molecule has 0 atom stereocenters. The van der Waals surface area contributed by atoms with E-state index in [0.29, 0.717) is 9.94 Å². The number of rotatable bonds is 3. The molecule has 0 bridgehead atoms. The number of hydrogen-bond donors (Lipinski definition) is 1. The number of fused-ring (bicyclic) bond motifs is 1. The summed E-state index contributed by atoms with van der Waals surface area (Å²) in [6.45, 7) is 1.30. The van der Waals surface area contributed by atoms with Crippen LogP contribution in [0.4, 0.5) is 0 Å². The third-order valence-electron chi connectivity index (χ3n) is 2.87. The molecule has 0 radical (unpaired) electrons. The Morgan fingerprint density at radius 2 is 2.00 bits per heavy atom. The number of nitrogens with zero attached hydrogens (tertiary/aromatic N) is 3. The van der Waals surface area contributed by atoms with E-state index in [1.807, 2.05) is 0 Å². The number of hydrogen-bond acceptors (Lipinski definition) is 4. The first kappa shape index (κ1) is 13.8. The molecule has 2 rings (SSSR count). The maximum absolute atomic E-state index is 12.3. The van der Waals surface area contributed by atoms with Crippen molar-refractivity contribution >= 4 is 22.9 Å². The summed E-state index contributed by atoms with van der Waals surface area (Å²) in [4.78, 5) is 25.8. The van der Waals surface area contributed by atoms with Gasteiger partial charge in [-0.2, -0.15) is 4.73 Å². The fourth-order valence-corrected chi connectivity index (χ4v) is 1.96. The molecule has 0 unspecified atom stereocenters. The maximum atomic E-state index is 12.3. The van der Waals surface area contributed by atoms with E-state index in [-0.39, 0.29) is 16.9 Å². The number of benzene rings is 1. The van der Waals surface area contributed by atoms with E-state index in [9.17, 15) is 14.9 Å². The van der Waals surface area contributed by atoms with Crippen molar-refractivity contribution in [2.24, 2.45) is 0 Å². The van der Waals surface area contributed by atoms with Gasteiger partial charge < -0.3 is 10.1 Å². The van der Waals surface area contributed by atoms with Crippen LogP contribution in [0.3, 0.4) is 0 Å². The zero-order valence-corrected chi connectivity index (χ0v) is 11.6. The largest absolute Gasteiger partial charge is 0.427 e. The minimum absolute atomic E-state index is 0.0932. The summed E-state index contributed by atoms with van der Waals surface area (Å²) in [7, 11) is 3.61. The van der Waals surface area contributed by atoms with Crippen molar-refractivity contribution < 1.29 is 14.4 Å². The summed E-state index contributed by atoms with van der Waals surface area (Å²) < 4.78 is 1.42. The quantitative estimate of drug-likeness (QED) is 0.523. The van der Waals surface area contributed by atoms with Gasteiger partial charge in [-0.15, -0.1) is 0 Å². The minimum Gasteiger partial charge on any atom is -0.427 e. The van der Waals surface area contributed by atoms with Gasteiger partial charge in [0.1, 0.15) is 0 Å². The Balaban J connectivity index is 2.90. The Hall–Kier alpha value is -2.63. The van der Waals surface area contributed by atoms with Crippen LogP contribution in [-0.4, -0.2) is 34.7 Å². The molecule has 1 aromatic heterocycles. The van der Waals surface area contributed by atoms with Crippen LogP contribution in [0, 0.1) is 4.91 Å². The molecule has 6 heteroatoms. The lowest BCUT2D eigenvalue weighted by Crippen LogP contribution is -2.30. The molecule has 1 aromatic carbocycles. The molecule has 0 aliphatic heterocycles. The Morgan fingerprint density at radius 1 is 1.35 bits per heavy atom. The Kier molecular flexibility index (Phi) is 3.56. The second-order valence-electron chi connectivity index (χ2n) is 4.66. The third kappa shape index (κ3) is 2.27. The topological polar surface area (TPSA) is 68.4 Å². The van der Waals surface area contributed by atoms with Crippen LogP contribution in [0.25, 0.3) is 17.1 Å². The monoisotopic (exact) mass is 274 g/mol. The molecule has 104 valence electrons. The fourth-order valence-electron chi connectivity index (χ4n) is 1.96. The van der Waals surface area contributed by atoms with Gasteiger partial charge in [0.15, 0.2) is 11.2 Å². The molecule has 0 aliphatic rings. The van der Waals surface area contributed by atoms with Gasteiger partial charge in [0.25, 0.3) is 5.52 Å². The summed E-state index contributed by atoms with van der Waals surface area (Å²) in [6, 6.07) is 6.56. The smallest absolute Gasteiger partial charge is 0.332 e. The molecule has 1 heterocycles. The highest BCUT2D eigenvalue weighted by Gasteiger charge is 2.27. The molecule has 2 aromatic rings. The van der Waals surface area contributed by atoms with E-state index >= 15 is 0 Å². The first-order valence-electron chi connectivity index (χ1n) is 6.08. The summed E-state index contributed by atoms with van der Waals surface area (Å²) in [5, 5.41) is 10.3. The van der Waals surface area contributed by atoms with Gasteiger partial charge in [0.05, 0.1) is 4.43 Å². The SMILES string of the molecule is CC(=O)c1c(/C=C/N(C)C)n(O)c2ccccc2[n+]1=O. The number of ketones is 1. The van der Waals surface area contributed by atoms with Gasteiger partial charge in [0, 0.05) is 38.2 Å². The average molecular weight is 274 g/mol. The van der Waals surface area contributed by atoms with Crippen LogP contribution in [0.2, 0.25) is 0 Å². The van der Waals surface area contributed by atoms with Crippen LogP contribution in [0.1, 0.15) is 23.1 Å². The lowest BCUT2D eigenvalue weighted by molar-refractivity contribution is -0.468. The van der Waals surface area contributed by atoms with E-state index in [1.165, 1.54) is 13.0 Å². The fraction of sp³-hybridized carbons (Fsp3) is 0.214. The number of para-hydroxylation sites is 2. The highest BCUT2D eigenvalue weighted by molar-refractivity contribution is 5.94. The van der Waals surface area contributed by atoms with Gasteiger partial charge in [-0.1, -0.05) is 12.1 Å². The van der Waals surface area contributed by atoms with E-state index in [2.05, 4.69) is 0 Å². The van der Waals surface area contributed by atoms with Crippen molar-refractivity contribution in [3.63, 3.8) is 0 Å². The third-order valence-corrected chi connectivity index (χ3v) is 2.87. The molecule has 0 saturated carbocycles. The predicted octanol–water partition coefficient (Wildman–Crippen LogP) is 1.53. The number of carbonyl (C=O) groups is 1. The van der Waals surface area contributed by atoms with Crippen molar-refractivity contribution in [2.45, 2.75) is 6.92 Å². The van der Waals surface area contributed by atoms with Gasteiger partial charge in [-0.25, -0.2) is 0 Å². The zero-order valence-electron chi connectivity index (χ0n) is 11.6. The lowest BCUT2D eigenvalue weighted by atomic mass is 10.2. The maximum Gasteiger partial charge on any atom is 0.332 e. The van der Waals surface area contributed by atoms with Gasteiger partial charge in [-0.3, -0.25) is 4.79 Å². The predicted molar refractivity (Wildman–Crippen MR) is 75.2 cm³/mol. The first-order valence-corrected chi connectivity index (χ1v) is 6.08. The van der Waals surface area contributed by atoms with Crippen molar-refractivity contribution in [1.29, 1.82) is 0 Å². The molecule has 6 nitrogen and oxygen atoms in total. The number of carbonyl (C=O) groups excluding carboxylic acids is 1. The minimum atomic E-state index is -0.410. The Labute approximate surface area is 115 Å². The van der Waals surface area contributed by atoms with E-state index in [1.54, 1.807) is 49.5 Å². The van der Waals surface area contributed by atoms with E-state index < -0.39 is 5.78 Å². The first-order chi connectivity index (χ1) is 9.43. The van der Waals surface area contributed by atoms with Crippen LogP contribution < -0.4 is 4.43 Å². The second kappa shape index (κ2) is 5.16. The standard InChI is InChI=1S/C14H16N3O3/c1-10(18)14-13(8-9-15(2)3)16(19)11-6-4-5-7-12(11)17(14)20/h4-9,19H,1-3H3/q+1/b9-8+. The Bertz CT molecular complexity index is 760. The van der Waals surface area contributed by atoms with Crippen LogP contribution in [0.5, 0.6) is 0 Å². The van der Waals surface area contributed by atoms with Crippen LogP contribution in [0.15, 0.2) is 30.5 Å². The van der Waals surface area contributed by atoms with Gasteiger partial charge >= 0.3 is 5.69 Å². The second-order valence-corrected chi connectivity index (χ2v) is 4.66. The highest BCUT2D eigenvalue weighted by Crippen LogP contribution is 2.15. The molecule has 0 spiro atoms. The molecular weight excluding hydrogens is 258 g/mol. The number of Topliss-reactive ketones (excluding diaryl/α,β-unsaturated/α-hetero) is 1. The van der Waals surface area contributed by atoms with Crippen molar-refractivity contribution in [3.8, 4) is 0 Å². The zero-order chi connectivity index (χ0) is 14.9. The average Bonchev–Trinajstić information content (AvgIpc) is 2.40. The number of aromatic nitrogens is 2. The van der Waals surface area contributed by atoms with Gasteiger partial charge in [-0.05, 0) is 12.1 Å². The van der Waals surface area contributed by atoms with Crippen LogP contribution in [-0.2, 0) is 0 Å². The van der Waals surface area contributed by atoms with Crippen molar-refractivity contribution in [3.05, 3.63) is 46.8 Å². The summed E-state index contributed by atoms with van der Waals surface area (Å²) in [5.74, 6) is -0.410. The molecule has 0 saturated heterocycles. The summed E-state index contributed by atoms with van der Waals surface area (Å²) in [6.07, 6.45) is 3.18. The highest BCUT2D eigenvalue weighted by atomic mass is 16.5. The molecule has 0 fully saturated rings. The molecule has 1 N–H and O–H groups in total. The van der Waals surface area contributed by atoms with E-state index in [4.69, 9.17) is 0 Å². The van der Waals surface area contributed by atoms with E-state index in [0.717, 1.165) is 4.73 Å². The summed E-state index contributed by atoms with van der Waals surface area (Å²) >= 11 is 0. The lowest BCUT2D eigenvalue weighted by Gasteiger charge is -2.07. The van der Waals surface area contributed by atoms with Crippen molar-refractivity contribution in [1.82, 2.24) is 9.63 Å².